The maximum absolute atomic E-state index is 11.5. The van der Waals surface area contributed by atoms with E-state index in [1.54, 1.807) is 6.92 Å². The SMILES string of the molecule is CC[C@@H](NC(=O)NC(C)C(=O)NCCOC)C(=O)O. The normalized spacial score (nSPS) is 13.2. The first kappa shape index (κ1) is 17.2. The van der Waals surface area contributed by atoms with E-state index in [9.17, 15) is 14.4 Å². The molecule has 0 aromatic heterocycles. The molecule has 2 atom stereocenters. The number of urea groups is 1. The summed E-state index contributed by atoms with van der Waals surface area (Å²) >= 11 is 0. The van der Waals surface area contributed by atoms with Crippen molar-refractivity contribution in [3.05, 3.63) is 0 Å². The van der Waals surface area contributed by atoms with Gasteiger partial charge in [-0.2, -0.15) is 0 Å². The Hall–Kier alpha value is -1.83. The number of carboxylic acid groups (broad SMARTS) is 1. The van der Waals surface area contributed by atoms with Crippen LogP contribution in [0.5, 0.6) is 0 Å². The zero-order valence-corrected chi connectivity index (χ0v) is 11.4. The second-order valence-electron chi connectivity index (χ2n) is 3.92. The smallest absolute Gasteiger partial charge is 0.326 e. The summed E-state index contributed by atoms with van der Waals surface area (Å²) in [5.41, 5.74) is 0. The van der Waals surface area contributed by atoms with Crippen molar-refractivity contribution in [2.75, 3.05) is 20.3 Å². The minimum atomic E-state index is -1.12. The zero-order chi connectivity index (χ0) is 14.8. The highest BCUT2D eigenvalue weighted by Crippen LogP contribution is 1.91. The van der Waals surface area contributed by atoms with E-state index >= 15 is 0 Å². The van der Waals surface area contributed by atoms with E-state index in [-0.39, 0.29) is 12.3 Å². The molecule has 3 amide bonds. The van der Waals surface area contributed by atoms with Crippen molar-refractivity contribution < 1.29 is 24.2 Å². The summed E-state index contributed by atoms with van der Waals surface area (Å²) in [6, 6.07) is -2.42. The Morgan fingerprint density at radius 1 is 1.26 bits per heavy atom. The molecule has 8 heteroatoms. The van der Waals surface area contributed by atoms with E-state index in [1.807, 2.05) is 0 Å². The van der Waals surface area contributed by atoms with Crippen LogP contribution >= 0.6 is 0 Å². The average molecular weight is 275 g/mol. The van der Waals surface area contributed by atoms with Crippen LogP contribution in [0.4, 0.5) is 4.79 Å². The van der Waals surface area contributed by atoms with Gasteiger partial charge in [0.15, 0.2) is 0 Å². The molecule has 0 spiro atoms. The van der Waals surface area contributed by atoms with Gasteiger partial charge in [-0.25, -0.2) is 9.59 Å². The summed E-state index contributed by atoms with van der Waals surface area (Å²) < 4.78 is 4.77. The van der Waals surface area contributed by atoms with E-state index in [1.165, 1.54) is 14.0 Å². The van der Waals surface area contributed by atoms with Crippen molar-refractivity contribution in [2.45, 2.75) is 32.4 Å². The Morgan fingerprint density at radius 2 is 1.89 bits per heavy atom. The lowest BCUT2D eigenvalue weighted by molar-refractivity contribution is -0.139. The van der Waals surface area contributed by atoms with Gasteiger partial charge in [-0.15, -0.1) is 0 Å². The van der Waals surface area contributed by atoms with Gasteiger partial charge in [0.25, 0.3) is 0 Å². The van der Waals surface area contributed by atoms with Gasteiger partial charge in [0.05, 0.1) is 6.61 Å². The fraction of sp³-hybridized carbons (Fsp3) is 0.727. The summed E-state index contributed by atoms with van der Waals surface area (Å²) in [7, 11) is 1.51. The highest BCUT2D eigenvalue weighted by Gasteiger charge is 2.20. The molecule has 0 aromatic rings. The van der Waals surface area contributed by atoms with Crippen LogP contribution in [-0.4, -0.2) is 55.4 Å². The molecule has 110 valence electrons. The molecule has 0 radical (unpaired) electrons. The molecule has 4 N–H and O–H groups in total. The number of carbonyl (C=O) groups is 3. The van der Waals surface area contributed by atoms with Gasteiger partial charge < -0.3 is 25.8 Å². The predicted octanol–water partition coefficient (Wildman–Crippen LogP) is -0.700. The molecule has 0 fully saturated rings. The topological polar surface area (TPSA) is 117 Å². The maximum Gasteiger partial charge on any atom is 0.326 e. The molecule has 0 aromatic carbocycles. The van der Waals surface area contributed by atoms with Crippen LogP contribution in [0.15, 0.2) is 0 Å². The Morgan fingerprint density at radius 3 is 2.37 bits per heavy atom. The molecule has 0 rings (SSSR count). The van der Waals surface area contributed by atoms with E-state index < -0.39 is 24.1 Å². The third-order valence-corrected chi connectivity index (χ3v) is 2.36. The highest BCUT2D eigenvalue weighted by atomic mass is 16.5. The van der Waals surface area contributed by atoms with Crippen LogP contribution in [0.2, 0.25) is 0 Å². The standard InChI is InChI=1S/C11H21N3O5/c1-4-8(10(16)17)14-11(18)13-7(2)9(15)12-5-6-19-3/h7-8H,4-6H2,1-3H3,(H,12,15)(H,16,17)(H2,13,14,18)/t7?,8-/m1/s1. The van der Waals surface area contributed by atoms with Crippen LogP contribution in [0.1, 0.15) is 20.3 Å². The Labute approximate surface area is 111 Å². The average Bonchev–Trinajstić information content (AvgIpc) is 2.35. The Bertz CT molecular complexity index is 321. The fourth-order valence-corrected chi connectivity index (χ4v) is 1.23. The van der Waals surface area contributed by atoms with Gasteiger partial charge in [0.2, 0.25) is 5.91 Å². The number of hydrogen-bond acceptors (Lipinski definition) is 4. The molecular weight excluding hydrogens is 254 g/mol. The van der Waals surface area contributed by atoms with Crippen LogP contribution in [0.25, 0.3) is 0 Å². The zero-order valence-electron chi connectivity index (χ0n) is 11.4. The molecular formula is C11H21N3O5. The van der Waals surface area contributed by atoms with Crippen LogP contribution < -0.4 is 16.0 Å². The van der Waals surface area contributed by atoms with Crippen molar-refractivity contribution in [3.63, 3.8) is 0 Å². The molecule has 0 aliphatic heterocycles. The number of aliphatic carboxylic acids is 1. The first-order chi connectivity index (χ1) is 8.92. The number of rotatable bonds is 8. The van der Waals surface area contributed by atoms with E-state index in [4.69, 9.17) is 9.84 Å². The van der Waals surface area contributed by atoms with Gasteiger partial charge in [0, 0.05) is 13.7 Å². The number of carboxylic acids is 1. The number of hydrogen-bond donors (Lipinski definition) is 4. The van der Waals surface area contributed by atoms with Crippen molar-refractivity contribution in [1.29, 1.82) is 0 Å². The van der Waals surface area contributed by atoms with E-state index in [2.05, 4.69) is 16.0 Å². The van der Waals surface area contributed by atoms with Crippen molar-refractivity contribution >= 4 is 17.9 Å². The van der Waals surface area contributed by atoms with Gasteiger partial charge in [-0.1, -0.05) is 6.92 Å². The largest absolute Gasteiger partial charge is 0.480 e. The molecule has 0 aliphatic carbocycles. The number of amides is 3. The third kappa shape index (κ3) is 7.24. The first-order valence-electron chi connectivity index (χ1n) is 5.98. The van der Waals surface area contributed by atoms with Gasteiger partial charge in [-0.3, -0.25) is 4.79 Å². The lowest BCUT2D eigenvalue weighted by Gasteiger charge is -2.17. The molecule has 0 saturated carbocycles. The van der Waals surface area contributed by atoms with E-state index in [0.717, 1.165) is 0 Å². The van der Waals surface area contributed by atoms with Crippen molar-refractivity contribution in [2.24, 2.45) is 0 Å². The molecule has 19 heavy (non-hydrogen) atoms. The number of carbonyl (C=O) groups excluding carboxylic acids is 2. The first-order valence-corrected chi connectivity index (χ1v) is 5.98. The van der Waals surface area contributed by atoms with E-state index in [0.29, 0.717) is 13.2 Å². The Balaban J connectivity index is 4.10. The molecule has 0 saturated heterocycles. The van der Waals surface area contributed by atoms with Gasteiger partial charge in [0.1, 0.15) is 12.1 Å². The van der Waals surface area contributed by atoms with Gasteiger partial charge >= 0.3 is 12.0 Å². The summed E-state index contributed by atoms with van der Waals surface area (Å²) in [6.45, 7) is 3.86. The second-order valence-corrected chi connectivity index (χ2v) is 3.92. The quantitative estimate of drug-likeness (QED) is 0.437. The lowest BCUT2D eigenvalue weighted by atomic mass is 10.2. The number of nitrogens with one attached hydrogen (secondary N) is 3. The predicted molar refractivity (Wildman–Crippen MR) is 67.7 cm³/mol. The summed E-state index contributed by atoms with van der Waals surface area (Å²) in [4.78, 5) is 33.7. The number of methoxy groups -OCH3 is 1. The summed E-state index contributed by atoms with van der Waals surface area (Å²) in [5, 5.41) is 16.0. The number of ether oxygens (including phenoxy) is 1. The minimum absolute atomic E-state index is 0.261. The Kier molecular flexibility index (Phi) is 8.27. The monoisotopic (exact) mass is 275 g/mol. The summed E-state index contributed by atoms with van der Waals surface area (Å²) in [6.07, 6.45) is 0.261. The lowest BCUT2D eigenvalue weighted by Crippen LogP contribution is -2.52. The van der Waals surface area contributed by atoms with Crippen LogP contribution in [0, 0.1) is 0 Å². The minimum Gasteiger partial charge on any atom is -0.480 e. The van der Waals surface area contributed by atoms with Crippen LogP contribution in [-0.2, 0) is 14.3 Å². The molecule has 0 aliphatic rings. The molecule has 1 unspecified atom stereocenters. The third-order valence-electron chi connectivity index (χ3n) is 2.36. The van der Waals surface area contributed by atoms with Crippen LogP contribution in [0.3, 0.4) is 0 Å². The second kappa shape index (κ2) is 9.15. The fourth-order valence-electron chi connectivity index (χ4n) is 1.23. The molecule has 0 heterocycles. The highest BCUT2D eigenvalue weighted by molar-refractivity contribution is 5.88. The van der Waals surface area contributed by atoms with Gasteiger partial charge in [-0.05, 0) is 13.3 Å². The maximum atomic E-state index is 11.5. The summed E-state index contributed by atoms with van der Waals surface area (Å²) in [5.74, 6) is -1.48. The van der Waals surface area contributed by atoms with Crippen molar-refractivity contribution in [1.82, 2.24) is 16.0 Å². The van der Waals surface area contributed by atoms with Crippen molar-refractivity contribution in [3.8, 4) is 0 Å². The molecule has 8 nitrogen and oxygen atoms in total. The molecule has 0 bridgehead atoms.